The molecule has 0 saturated carbocycles. The number of aryl methyl sites for hydroxylation is 1. The summed E-state index contributed by atoms with van der Waals surface area (Å²) >= 11 is 0. The molecule has 0 aliphatic carbocycles. The van der Waals surface area contributed by atoms with Gasteiger partial charge in [0.2, 0.25) is 0 Å². The number of rotatable bonds is 6. The van der Waals surface area contributed by atoms with Crippen molar-refractivity contribution in [1.29, 1.82) is 0 Å². The van der Waals surface area contributed by atoms with E-state index in [0.717, 1.165) is 37.4 Å². The van der Waals surface area contributed by atoms with Crippen LogP contribution in [-0.4, -0.2) is 16.5 Å². The molecule has 0 amide bonds. The number of nitrogens with zero attached hydrogens (tertiary/aromatic N) is 2. The minimum Gasteiger partial charge on any atom is -0.370 e. The lowest BCUT2D eigenvalue weighted by Crippen LogP contribution is -2.05. The Balaban J connectivity index is 2.50. The molecule has 0 unspecified atom stereocenters. The van der Waals surface area contributed by atoms with Gasteiger partial charge in [0.15, 0.2) is 0 Å². The van der Waals surface area contributed by atoms with Crippen LogP contribution in [0.2, 0.25) is 0 Å². The van der Waals surface area contributed by atoms with Crippen molar-refractivity contribution >= 4 is 5.82 Å². The Morgan fingerprint density at radius 1 is 1.40 bits per heavy atom. The molecule has 0 bridgehead atoms. The van der Waals surface area contributed by atoms with E-state index in [9.17, 15) is 0 Å². The summed E-state index contributed by atoms with van der Waals surface area (Å²) in [6, 6.07) is 1.93. The molecule has 0 fully saturated rings. The Morgan fingerprint density at radius 3 is 2.87 bits per heavy atom. The van der Waals surface area contributed by atoms with Crippen LogP contribution in [0.1, 0.15) is 39.4 Å². The van der Waals surface area contributed by atoms with Crippen molar-refractivity contribution in [3.8, 4) is 0 Å². The Morgan fingerprint density at radius 2 is 2.20 bits per heavy atom. The first kappa shape index (κ1) is 12.0. The second-order valence-corrected chi connectivity index (χ2v) is 4.22. The molecule has 1 aromatic rings. The Hall–Kier alpha value is -1.12. The van der Waals surface area contributed by atoms with E-state index in [0.29, 0.717) is 5.92 Å². The Kier molecular flexibility index (Phi) is 5.08. The number of aromatic nitrogens is 2. The highest BCUT2D eigenvalue weighted by molar-refractivity contribution is 5.32. The fourth-order valence-electron chi connectivity index (χ4n) is 1.29. The molecule has 15 heavy (non-hydrogen) atoms. The topological polar surface area (TPSA) is 37.8 Å². The third-order valence-electron chi connectivity index (χ3n) is 2.21. The van der Waals surface area contributed by atoms with Crippen molar-refractivity contribution in [3.63, 3.8) is 0 Å². The summed E-state index contributed by atoms with van der Waals surface area (Å²) in [6.45, 7) is 7.56. The highest BCUT2D eigenvalue weighted by Gasteiger charge is 2.00. The maximum atomic E-state index is 4.46. The number of nitrogens with one attached hydrogen (secondary N) is 1. The van der Waals surface area contributed by atoms with Crippen LogP contribution in [0.5, 0.6) is 0 Å². The maximum absolute atomic E-state index is 4.46. The van der Waals surface area contributed by atoms with E-state index in [2.05, 4.69) is 36.1 Å². The van der Waals surface area contributed by atoms with Gasteiger partial charge in [-0.15, -0.1) is 0 Å². The van der Waals surface area contributed by atoms with E-state index in [1.807, 2.05) is 12.3 Å². The Bertz CT molecular complexity index is 284. The average molecular weight is 207 g/mol. The van der Waals surface area contributed by atoms with Crippen LogP contribution in [0.15, 0.2) is 12.3 Å². The largest absolute Gasteiger partial charge is 0.370 e. The lowest BCUT2D eigenvalue weighted by Gasteiger charge is -2.06. The predicted octanol–water partition coefficient (Wildman–Crippen LogP) is 2.89. The first-order valence-electron chi connectivity index (χ1n) is 5.78. The summed E-state index contributed by atoms with van der Waals surface area (Å²) in [4.78, 5) is 8.73. The summed E-state index contributed by atoms with van der Waals surface area (Å²) < 4.78 is 0. The van der Waals surface area contributed by atoms with Crippen LogP contribution in [0.3, 0.4) is 0 Å². The van der Waals surface area contributed by atoms with Gasteiger partial charge in [0.05, 0.1) is 0 Å². The van der Waals surface area contributed by atoms with E-state index in [-0.39, 0.29) is 0 Å². The van der Waals surface area contributed by atoms with Gasteiger partial charge < -0.3 is 5.32 Å². The van der Waals surface area contributed by atoms with E-state index in [4.69, 9.17) is 0 Å². The van der Waals surface area contributed by atoms with Crippen LogP contribution in [0, 0.1) is 5.92 Å². The van der Waals surface area contributed by atoms with E-state index < -0.39 is 0 Å². The summed E-state index contributed by atoms with van der Waals surface area (Å²) in [7, 11) is 0. The summed E-state index contributed by atoms with van der Waals surface area (Å²) in [5.74, 6) is 2.61. The minimum atomic E-state index is 0.709. The molecule has 0 spiro atoms. The lowest BCUT2D eigenvalue weighted by molar-refractivity contribution is 0.575. The van der Waals surface area contributed by atoms with Crippen molar-refractivity contribution < 1.29 is 0 Å². The summed E-state index contributed by atoms with van der Waals surface area (Å²) in [6.07, 6.45) is 5.07. The van der Waals surface area contributed by atoms with Gasteiger partial charge in [-0.05, 0) is 24.8 Å². The van der Waals surface area contributed by atoms with Gasteiger partial charge in [0.1, 0.15) is 11.6 Å². The second kappa shape index (κ2) is 6.38. The van der Waals surface area contributed by atoms with Gasteiger partial charge in [-0.25, -0.2) is 9.97 Å². The predicted molar refractivity (Wildman–Crippen MR) is 64.0 cm³/mol. The van der Waals surface area contributed by atoms with E-state index in [1.165, 1.54) is 0 Å². The van der Waals surface area contributed by atoms with Gasteiger partial charge in [-0.2, -0.15) is 0 Å². The monoisotopic (exact) mass is 207 g/mol. The molecule has 1 heterocycles. The zero-order valence-electron chi connectivity index (χ0n) is 9.95. The normalized spacial score (nSPS) is 10.7. The van der Waals surface area contributed by atoms with Crippen molar-refractivity contribution in [2.24, 2.45) is 5.92 Å². The smallest absolute Gasteiger partial charge is 0.130 e. The van der Waals surface area contributed by atoms with E-state index >= 15 is 0 Å². The molecule has 1 N–H and O–H groups in total. The number of hydrogen-bond acceptors (Lipinski definition) is 3. The molecule has 0 aromatic carbocycles. The van der Waals surface area contributed by atoms with Crippen molar-refractivity contribution in [3.05, 3.63) is 18.1 Å². The molecular weight excluding hydrogens is 186 g/mol. The Labute approximate surface area is 92.3 Å². The molecule has 84 valence electrons. The standard InChI is InChI=1S/C12H21N3/c1-4-8-13-12-7-9-14-11(15-12)6-5-10(2)3/h7,9-10H,4-6,8H2,1-3H3,(H,13,14,15). The third-order valence-corrected chi connectivity index (χ3v) is 2.21. The van der Waals surface area contributed by atoms with Crippen LogP contribution < -0.4 is 5.32 Å². The van der Waals surface area contributed by atoms with Crippen molar-refractivity contribution in [2.45, 2.75) is 40.0 Å². The van der Waals surface area contributed by atoms with Crippen molar-refractivity contribution in [1.82, 2.24) is 9.97 Å². The molecule has 1 aromatic heterocycles. The minimum absolute atomic E-state index is 0.709. The first-order chi connectivity index (χ1) is 7.22. The molecule has 3 heteroatoms. The summed E-state index contributed by atoms with van der Waals surface area (Å²) in [5.41, 5.74) is 0. The molecule has 3 nitrogen and oxygen atoms in total. The molecular formula is C12H21N3. The molecule has 0 atom stereocenters. The SMILES string of the molecule is CCCNc1ccnc(CCC(C)C)n1. The fourth-order valence-corrected chi connectivity index (χ4v) is 1.29. The zero-order valence-corrected chi connectivity index (χ0v) is 9.95. The van der Waals surface area contributed by atoms with Crippen LogP contribution in [0.25, 0.3) is 0 Å². The van der Waals surface area contributed by atoms with Gasteiger partial charge >= 0.3 is 0 Å². The second-order valence-electron chi connectivity index (χ2n) is 4.22. The number of hydrogen-bond donors (Lipinski definition) is 1. The third kappa shape index (κ3) is 4.77. The van der Waals surface area contributed by atoms with Gasteiger partial charge in [0, 0.05) is 19.2 Å². The molecule has 0 radical (unpaired) electrons. The van der Waals surface area contributed by atoms with Gasteiger partial charge in [0.25, 0.3) is 0 Å². The quantitative estimate of drug-likeness (QED) is 0.779. The van der Waals surface area contributed by atoms with Gasteiger partial charge in [-0.1, -0.05) is 20.8 Å². The van der Waals surface area contributed by atoms with Crippen LogP contribution >= 0.6 is 0 Å². The van der Waals surface area contributed by atoms with Crippen molar-refractivity contribution in [2.75, 3.05) is 11.9 Å². The zero-order chi connectivity index (χ0) is 11.1. The van der Waals surface area contributed by atoms with Gasteiger partial charge in [-0.3, -0.25) is 0 Å². The first-order valence-corrected chi connectivity index (χ1v) is 5.78. The maximum Gasteiger partial charge on any atom is 0.130 e. The number of anilines is 1. The van der Waals surface area contributed by atoms with E-state index in [1.54, 1.807) is 0 Å². The lowest BCUT2D eigenvalue weighted by atomic mass is 10.1. The highest BCUT2D eigenvalue weighted by atomic mass is 15.0. The van der Waals surface area contributed by atoms with Crippen LogP contribution in [0.4, 0.5) is 5.82 Å². The average Bonchev–Trinajstić information content (AvgIpc) is 2.24. The summed E-state index contributed by atoms with van der Waals surface area (Å²) in [5, 5.41) is 3.27. The molecule has 0 aliphatic rings. The molecule has 1 rings (SSSR count). The highest BCUT2D eigenvalue weighted by Crippen LogP contribution is 2.07. The fraction of sp³-hybridized carbons (Fsp3) is 0.667. The van der Waals surface area contributed by atoms with Crippen LogP contribution in [-0.2, 0) is 6.42 Å². The molecule has 0 aliphatic heterocycles. The molecule has 0 saturated heterocycles.